The third-order valence-electron chi connectivity index (χ3n) is 2.90. The Labute approximate surface area is 95.1 Å². The number of anilines is 1. The lowest BCUT2D eigenvalue weighted by molar-refractivity contribution is 0.112. The molecule has 86 valence electrons. The molecule has 0 saturated carbocycles. The molecule has 0 aromatic carbocycles. The van der Waals surface area contributed by atoms with Crippen molar-refractivity contribution in [2.24, 2.45) is 0 Å². The van der Waals surface area contributed by atoms with Crippen LogP contribution in [0.15, 0.2) is 12.4 Å². The molecule has 0 spiro atoms. The van der Waals surface area contributed by atoms with Crippen molar-refractivity contribution in [3.8, 4) is 0 Å². The van der Waals surface area contributed by atoms with E-state index < -0.39 is 0 Å². The molecule has 1 aromatic heterocycles. The number of likely N-dealkylation sites (N-methyl/N-ethyl adjacent to an activating group) is 1. The first kappa shape index (κ1) is 11.0. The van der Waals surface area contributed by atoms with E-state index in [1.54, 1.807) is 12.4 Å². The molecule has 1 fully saturated rings. The lowest BCUT2D eigenvalue weighted by Crippen LogP contribution is -2.46. The Morgan fingerprint density at radius 3 is 2.38 bits per heavy atom. The SMILES string of the molecule is CCN1CCN(c2ncc(C=O)cn2)CC1. The monoisotopic (exact) mass is 220 g/mol. The van der Waals surface area contributed by atoms with E-state index in [1.807, 2.05) is 0 Å². The second-order valence-corrected chi connectivity index (χ2v) is 3.86. The van der Waals surface area contributed by atoms with Crippen LogP contribution in [-0.4, -0.2) is 53.9 Å². The first-order valence-electron chi connectivity index (χ1n) is 5.58. The number of carbonyl (C=O) groups excluding carboxylic acids is 1. The molecule has 5 heteroatoms. The van der Waals surface area contributed by atoms with E-state index in [0.717, 1.165) is 45.0 Å². The molecular weight excluding hydrogens is 204 g/mol. The summed E-state index contributed by atoms with van der Waals surface area (Å²) in [4.78, 5) is 23.4. The first-order valence-corrected chi connectivity index (χ1v) is 5.58. The van der Waals surface area contributed by atoms with Crippen LogP contribution >= 0.6 is 0 Å². The van der Waals surface area contributed by atoms with Gasteiger partial charge < -0.3 is 9.80 Å². The van der Waals surface area contributed by atoms with E-state index in [1.165, 1.54) is 0 Å². The minimum absolute atomic E-state index is 0.524. The van der Waals surface area contributed by atoms with Crippen molar-refractivity contribution in [3.63, 3.8) is 0 Å². The maximum Gasteiger partial charge on any atom is 0.225 e. The molecule has 1 aliphatic rings. The summed E-state index contributed by atoms with van der Waals surface area (Å²) in [5, 5.41) is 0. The van der Waals surface area contributed by atoms with Crippen LogP contribution in [0.1, 0.15) is 17.3 Å². The summed E-state index contributed by atoms with van der Waals surface area (Å²) in [6.45, 7) is 7.27. The van der Waals surface area contributed by atoms with Crippen LogP contribution in [0, 0.1) is 0 Å². The fourth-order valence-corrected chi connectivity index (χ4v) is 1.82. The summed E-state index contributed by atoms with van der Waals surface area (Å²) in [5.41, 5.74) is 0.524. The van der Waals surface area contributed by atoms with Crippen LogP contribution < -0.4 is 4.90 Å². The van der Waals surface area contributed by atoms with E-state index in [9.17, 15) is 4.79 Å². The van der Waals surface area contributed by atoms with Crippen molar-refractivity contribution in [1.29, 1.82) is 0 Å². The quantitative estimate of drug-likeness (QED) is 0.691. The summed E-state index contributed by atoms with van der Waals surface area (Å²) >= 11 is 0. The topological polar surface area (TPSA) is 49.3 Å². The van der Waals surface area contributed by atoms with Gasteiger partial charge in [-0.15, -0.1) is 0 Å². The maximum atomic E-state index is 10.5. The highest BCUT2D eigenvalue weighted by atomic mass is 16.1. The van der Waals surface area contributed by atoms with Gasteiger partial charge in [0.05, 0.1) is 5.56 Å². The van der Waals surface area contributed by atoms with E-state index >= 15 is 0 Å². The van der Waals surface area contributed by atoms with E-state index in [2.05, 4.69) is 26.7 Å². The number of nitrogens with zero attached hydrogens (tertiary/aromatic N) is 4. The lowest BCUT2D eigenvalue weighted by atomic mass is 10.3. The predicted octanol–water partition coefficient (Wildman–Crippen LogP) is 0.431. The summed E-state index contributed by atoms with van der Waals surface area (Å²) < 4.78 is 0. The van der Waals surface area contributed by atoms with Gasteiger partial charge in [-0.1, -0.05) is 6.92 Å². The van der Waals surface area contributed by atoms with Crippen LogP contribution in [0.4, 0.5) is 5.95 Å². The van der Waals surface area contributed by atoms with Gasteiger partial charge in [-0.05, 0) is 6.54 Å². The lowest BCUT2D eigenvalue weighted by Gasteiger charge is -2.33. The smallest absolute Gasteiger partial charge is 0.225 e. The van der Waals surface area contributed by atoms with Crippen molar-refractivity contribution in [3.05, 3.63) is 18.0 Å². The fourth-order valence-electron chi connectivity index (χ4n) is 1.82. The number of aromatic nitrogens is 2. The van der Waals surface area contributed by atoms with E-state index in [-0.39, 0.29) is 0 Å². The number of aldehydes is 1. The molecule has 1 aromatic rings. The second kappa shape index (κ2) is 5.03. The Morgan fingerprint density at radius 2 is 1.88 bits per heavy atom. The zero-order chi connectivity index (χ0) is 11.4. The van der Waals surface area contributed by atoms with Gasteiger partial charge in [0.1, 0.15) is 0 Å². The van der Waals surface area contributed by atoms with Crippen molar-refractivity contribution >= 4 is 12.2 Å². The van der Waals surface area contributed by atoms with E-state index in [0.29, 0.717) is 5.56 Å². The number of piperazine rings is 1. The van der Waals surface area contributed by atoms with Crippen molar-refractivity contribution in [1.82, 2.24) is 14.9 Å². The average Bonchev–Trinajstić information content (AvgIpc) is 2.39. The fraction of sp³-hybridized carbons (Fsp3) is 0.545. The van der Waals surface area contributed by atoms with Gasteiger partial charge in [0.15, 0.2) is 6.29 Å². The van der Waals surface area contributed by atoms with Crippen LogP contribution in [0.25, 0.3) is 0 Å². The molecule has 0 atom stereocenters. The van der Waals surface area contributed by atoms with Gasteiger partial charge in [-0.2, -0.15) is 0 Å². The van der Waals surface area contributed by atoms with Gasteiger partial charge in [0.25, 0.3) is 0 Å². The molecular formula is C11H16N4O. The highest BCUT2D eigenvalue weighted by Crippen LogP contribution is 2.09. The molecule has 0 amide bonds. The second-order valence-electron chi connectivity index (χ2n) is 3.86. The average molecular weight is 220 g/mol. The van der Waals surface area contributed by atoms with Gasteiger partial charge in [0, 0.05) is 38.6 Å². The Morgan fingerprint density at radius 1 is 1.25 bits per heavy atom. The molecule has 16 heavy (non-hydrogen) atoms. The standard InChI is InChI=1S/C11H16N4O/c1-2-14-3-5-15(6-4-14)11-12-7-10(9-16)8-13-11/h7-9H,2-6H2,1H3. The van der Waals surface area contributed by atoms with Gasteiger partial charge in [-0.25, -0.2) is 9.97 Å². The van der Waals surface area contributed by atoms with Crippen molar-refractivity contribution < 1.29 is 4.79 Å². The van der Waals surface area contributed by atoms with Crippen LogP contribution in [0.2, 0.25) is 0 Å². The largest absolute Gasteiger partial charge is 0.338 e. The summed E-state index contributed by atoms with van der Waals surface area (Å²) in [6.07, 6.45) is 3.90. The van der Waals surface area contributed by atoms with Crippen LogP contribution in [0.5, 0.6) is 0 Å². The predicted molar refractivity (Wildman–Crippen MR) is 61.7 cm³/mol. The maximum absolute atomic E-state index is 10.5. The van der Waals surface area contributed by atoms with Crippen molar-refractivity contribution in [2.75, 3.05) is 37.6 Å². The zero-order valence-corrected chi connectivity index (χ0v) is 9.46. The minimum Gasteiger partial charge on any atom is -0.338 e. The van der Waals surface area contributed by atoms with Crippen LogP contribution in [0.3, 0.4) is 0 Å². The van der Waals surface area contributed by atoms with Gasteiger partial charge >= 0.3 is 0 Å². The molecule has 0 bridgehead atoms. The van der Waals surface area contributed by atoms with Crippen molar-refractivity contribution in [2.45, 2.75) is 6.92 Å². The molecule has 1 saturated heterocycles. The number of carbonyl (C=O) groups is 1. The third kappa shape index (κ3) is 2.36. The Balaban J connectivity index is 1.99. The number of hydrogen-bond acceptors (Lipinski definition) is 5. The third-order valence-corrected chi connectivity index (χ3v) is 2.90. The molecule has 0 aliphatic carbocycles. The first-order chi connectivity index (χ1) is 7.83. The Kier molecular flexibility index (Phi) is 3.46. The molecule has 2 rings (SSSR count). The molecule has 0 radical (unpaired) electrons. The highest BCUT2D eigenvalue weighted by molar-refractivity contribution is 5.73. The molecule has 1 aliphatic heterocycles. The van der Waals surface area contributed by atoms with Crippen LogP contribution in [-0.2, 0) is 0 Å². The molecule has 0 unspecified atom stereocenters. The summed E-state index contributed by atoms with van der Waals surface area (Å²) in [6, 6.07) is 0. The summed E-state index contributed by atoms with van der Waals surface area (Å²) in [5.74, 6) is 0.723. The Bertz CT molecular complexity index is 344. The van der Waals surface area contributed by atoms with Gasteiger partial charge in [0.2, 0.25) is 5.95 Å². The molecule has 0 N–H and O–H groups in total. The highest BCUT2D eigenvalue weighted by Gasteiger charge is 2.17. The number of rotatable bonds is 3. The van der Waals surface area contributed by atoms with E-state index in [4.69, 9.17) is 0 Å². The normalized spacial score (nSPS) is 17.4. The summed E-state index contributed by atoms with van der Waals surface area (Å²) in [7, 11) is 0. The zero-order valence-electron chi connectivity index (χ0n) is 9.46. The minimum atomic E-state index is 0.524. The molecule has 2 heterocycles. The Hall–Kier alpha value is -1.49. The number of hydrogen-bond donors (Lipinski definition) is 0. The van der Waals surface area contributed by atoms with Gasteiger partial charge in [-0.3, -0.25) is 4.79 Å². The molecule has 5 nitrogen and oxygen atoms in total.